The fourth-order valence-corrected chi connectivity index (χ4v) is 2.56. The molecule has 102 valence electrons. The van der Waals surface area contributed by atoms with Crippen molar-refractivity contribution in [3.63, 3.8) is 0 Å². The summed E-state index contributed by atoms with van der Waals surface area (Å²) in [6, 6.07) is 3.24. The fraction of sp³-hybridized carbons (Fsp3) is 0.154. The quantitative estimate of drug-likeness (QED) is 0.866. The van der Waals surface area contributed by atoms with Gasteiger partial charge in [0.1, 0.15) is 10.2 Å². The number of rotatable bonds is 2. The van der Waals surface area contributed by atoms with Crippen molar-refractivity contribution in [2.75, 3.05) is 0 Å². The van der Waals surface area contributed by atoms with Gasteiger partial charge in [0, 0.05) is 30.1 Å². The van der Waals surface area contributed by atoms with E-state index >= 15 is 0 Å². The first-order chi connectivity index (χ1) is 9.56. The predicted octanol–water partition coefficient (Wildman–Crippen LogP) is 2.65. The highest BCUT2D eigenvalue weighted by Crippen LogP contribution is 2.29. The maximum Gasteiger partial charge on any atom is 0.254 e. The van der Waals surface area contributed by atoms with Crippen molar-refractivity contribution in [3.8, 4) is 5.88 Å². The maximum atomic E-state index is 12.2. The number of pyridine rings is 2. The van der Waals surface area contributed by atoms with Crippen LogP contribution in [0.4, 0.5) is 0 Å². The Labute approximate surface area is 124 Å². The van der Waals surface area contributed by atoms with E-state index in [-0.39, 0.29) is 16.8 Å². The van der Waals surface area contributed by atoms with Gasteiger partial charge in [0.25, 0.3) is 5.91 Å². The Balaban J connectivity index is 1.86. The monoisotopic (exact) mass is 309 g/mol. The summed E-state index contributed by atoms with van der Waals surface area (Å²) in [4.78, 5) is 21.6. The van der Waals surface area contributed by atoms with E-state index in [1.807, 2.05) is 0 Å². The smallest absolute Gasteiger partial charge is 0.254 e. The summed E-state index contributed by atoms with van der Waals surface area (Å²) in [5.41, 5.74) is 2.04. The van der Waals surface area contributed by atoms with E-state index in [0.29, 0.717) is 23.8 Å². The van der Waals surface area contributed by atoms with Crippen molar-refractivity contribution in [3.05, 3.63) is 51.4 Å². The van der Waals surface area contributed by atoms with Crippen LogP contribution in [0.3, 0.4) is 0 Å². The molecule has 0 aromatic carbocycles. The number of hydrogen-bond acceptors (Lipinski definition) is 4. The van der Waals surface area contributed by atoms with Crippen molar-refractivity contribution in [1.29, 1.82) is 0 Å². The van der Waals surface area contributed by atoms with Crippen LogP contribution in [-0.2, 0) is 13.1 Å². The molecule has 1 aliphatic rings. The van der Waals surface area contributed by atoms with Crippen LogP contribution in [0, 0.1) is 0 Å². The van der Waals surface area contributed by atoms with Crippen LogP contribution >= 0.6 is 23.2 Å². The number of carbonyl (C=O) groups is 1. The van der Waals surface area contributed by atoms with Crippen molar-refractivity contribution in [2.24, 2.45) is 0 Å². The first-order valence-electron chi connectivity index (χ1n) is 5.82. The SMILES string of the molecule is O=C1c2ccnc(Cl)c2CN1Cc1cnc(O)c(Cl)c1. The average molecular weight is 310 g/mol. The number of carbonyl (C=O) groups excluding carboxylic acids is 1. The summed E-state index contributed by atoms with van der Waals surface area (Å²) in [6.45, 7) is 0.746. The molecule has 2 aromatic rings. The standard InChI is InChI=1S/C13H9Cl2N3O2/c14-10-3-7(4-17-12(10)19)5-18-6-9-8(13(18)20)1-2-16-11(9)15/h1-4H,5-6H2,(H,17,19). The molecule has 7 heteroatoms. The average Bonchev–Trinajstić information content (AvgIpc) is 2.73. The second kappa shape index (κ2) is 4.92. The molecule has 5 nitrogen and oxygen atoms in total. The number of aromatic nitrogens is 2. The van der Waals surface area contributed by atoms with Crippen LogP contribution in [0.25, 0.3) is 0 Å². The minimum Gasteiger partial charge on any atom is -0.492 e. The third-order valence-corrected chi connectivity index (χ3v) is 3.73. The summed E-state index contributed by atoms with van der Waals surface area (Å²) in [7, 11) is 0. The van der Waals surface area contributed by atoms with Gasteiger partial charge in [0.2, 0.25) is 5.88 Å². The van der Waals surface area contributed by atoms with E-state index in [4.69, 9.17) is 23.2 Å². The Kier molecular flexibility index (Phi) is 3.23. The molecular weight excluding hydrogens is 301 g/mol. The number of halogens is 2. The molecule has 0 fully saturated rings. The van der Waals surface area contributed by atoms with Crippen LogP contribution in [0.2, 0.25) is 10.2 Å². The molecule has 1 N–H and O–H groups in total. The van der Waals surface area contributed by atoms with Gasteiger partial charge in [0.05, 0.1) is 6.54 Å². The molecule has 3 heterocycles. The van der Waals surface area contributed by atoms with Crippen LogP contribution < -0.4 is 0 Å². The lowest BCUT2D eigenvalue weighted by Gasteiger charge is -2.15. The first-order valence-corrected chi connectivity index (χ1v) is 6.58. The zero-order chi connectivity index (χ0) is 14.3. The molecule has 0 radical (unpaired) electrons. The number of nitrogens with zero attached hydrogens (tertiary/aromatic N) is 3. The summed E-state index contributed by atoms with van der Waals surface area (Å²) in [5.74, 6) is -0.327. The summed E-state index contributed by atoms with van der Waals surface area (Å²) in [5, 5.41) is 9.79. The van der Waals surface area contributed by atoms with Crippen LogP contribution in [0.5, 0.6) is 5.88 Å². The molecule has 0 saturated heterocycles. The third-order valence-electron chi connectivity index (χ3n) is 3.12. The van der Waals surface area contributed by atoms with Crippen molar-refractivity contribution in [2.45, 2.75) is 13.1 Å². The lowest BCUT2D eigenvalue weighted by Crippen LogP contribution is -2.23. The van der Waals surface area contributed by atoms with E-state index in [9.17, 15) is 9.90 Å². The number of fused-ring (bicyclic) bond motifs is 1. The van der Waals surface area contributed by atoms with Crippen molar-refractivity contribution in [1.82, 2.24) is 14.9 Å². The van der Waals surface area contributed by atoms with Crippen molar-refractivity contribution < 1.29 is 9.90 Å². The largest absolute Gasteiger partial charge is 0.492 e. The minimum absolute atomic E-state index is 0.103. The summed E-state index contributed by atoms with van der Waals surface area (Å²) < 4.78 is 0. The Morgan fingerprint density at radius 1 is 1.35 bits per heavy atom. The molecule has 20 heavy (non-hydrogen) atoms. The maximum absolute atomic E-state index is 12.2. The molecule has 0 bridgehead atoms. The highest BCUT2D eigenvalue weighted by molar-refractivity contribution is 6.31. The molecular formula is C13H9Cl2N3O2. The van der Waals surface area contributed by atoms with Gasteiger partial charge in [-0.05, 0) is 17.7 Å². The van der Waals surface area contributed by atoms with Gasteiger partial charge < -0.3 is 10.0 Å². The van der Waals surface area contributed by atoms with Gasteiger partial charge in [-0.2, -0.15) is 0 Å². The number of aromatic hydroxyl groups is 1. The molecule has 2 aromatic heterocycles. The van der Waals surface area contributed by atoms with Crippen LogP contribution in [0.1, 0.15) is 21.5 Å². The minimum atomic E-state index is -0.223. The molecule has 0 aliphatic carbocycles. The Morgan fingerprint density at radius 3 is 2.85 bits per heavy atom. The van der Waals surface area contributed by atoms with Gasteiger partial charge in [-0.15, -0.1) is 0 Å². The van der Waals surface area contributed by atoms with Gasteiger partial charge >= 0.3 is 0 Å². The molecule has 3 rings (SSSR count). The molecule has 0 unspecified atom stereocenters. The number of hydrogen-bond donors (Lipinski definition) is 1. The van der Waals surface area contributed by atoms with Gasteiger partial charge in [-0.1, -0.05) is 23.2 Å². The Bertz CT molecular complexity index is 706. The summed E-state index contributed by atoms with van der Waals surface area (Å²) in [6.07, 6.45) is 3.00. The zero-order valence-corrected chi connectivity index (χ0v) is 11.7. The normalized spacial score (nSPS) is 13.7. The predicted molar refractivity (Wildman–Crippen MR) is 73.7 cm³/mol. The van der Waals surface area contributed by atoms with Crippen LogP contribution in [-0.4, -0.2) is 25.9 Å². The lowest BCUT2D eigenvalue weighted by atomic mass is 10.2. The number of amides is 1. The van der Waals surface area contributed by atoms with E-state index in [1.54, 1.807) is 17.0 Å². The topological polar surface area (TPSA) is 66.3 Å². The lowest BCUT2D eigenvalue weighted by molar-refractivity contribution is 0.0766. The molecule has 0 saturated carbocycles. The second-order valence-corrected chi connectivity index (χ2v) is 5.20. The zero-order valence-electron chi connectivity index (χ0n) is 10.2. The van der Waals surface area contributed by atoms with E-state index in [1.165, 1.54) is 12.4 Å². The highest BCUT2D eigenvalue weighted by atomic mass is 35.5. The molecule has 1 aliphatic heterocycles. The summed E-state index contributed by atoms with van der Waals surface area (Å²) >= 11 is 11.8. The Morgan fingerprint density at radius 2 is 2.15 bits per heavy atom. The van der Waals surface area contributed by atoms with E-state index in [2.05, 4.69) is 9.97 Å². The van der Waals surface area contributed by atoms with Gasteiger partial charge in [-0.3, -0.25) is 4.79 Å². The molecule has 0 atom stereocenters. The molecule has 0 spiro atoms. The first kappa shape index (κ1) is 13.1. The molecule has 1 amide bonds. The van der Waals surface area contributed by atoms with Crippen molar-refractivity contribution >= 4 is 29.1 Å². The van der Waals surface area contributed by atoms with Gasteiger partial charge in [-0.25, -0.2) is 9.97 Å². The van der Waals surface area contributed by atoms with E-state index in [0.717, 1.165) is 11.1 Å². The van der Waals surface area contributed by atoms with E-state index < -0.39 is 0 Å². The van der Waals surface area contributed by atoms with Crippen LogP contribution in [0.15, 0.2) is 24.5 Å². The highest BCUT2D eigenvalue weighted by Gasteiger charge is 2.29. The Hall–Kier alpha value is -1.85. The third kappa shape index (κ3) is 2.19. The van der Waals surface area contributed by atoms with Gasteiger partial charge in [0.15, 0.2) is 0 Å². The second-order valence-electron chi connectivity index (χ2n) is 4.44. The fourth-order valence-electron chi connectivity index (χ4n) is 2.16.